The van der Waals surface area contributed by atoms with Gasteiger partial charge in [-0.1, -0.05) is 48.0 Å². The molecular weight excluding hydrogens is 352 g/mol. The van der Waals surface area contributed by atoms with E-state index in [4.69, 9.17) is 4.74 Å². The third-order valence-corrected chi connectivity index (χ3v) is 4.39. The fourth-order valence-corrected chi connectivity index (χ4v) is 2.94. The van der Waals surface area contributed by atoms with Gasteiger partial charge in [0.1, 0.15) is 17.9 Å². The third-order valence-electron chi connectivity index (χ3n) is 4.39. The van der Waals surface area contributed by atoms with Crippen LogP contribution in [0, 0.1) is 6.92 Å². The van der Waals surface area contributed by atoms with E-state index in [1.54, 1.807) is 16.9 Å². The highest BCUT2D eigenvalue weighted by molar-refractivity contribution is 5.99. The van der Waals surface area contributed by atoms with Gasteiger partial charge in [-0.15, -0.1) is 0 Å². The molecule has 2 aromatic carbocycles. The zero-order chi connectivity index (χ0) is 19.3. The van der Waals surface area contributed by atoms with E-state index >= 15 is 0 Å². The largest absolute Gasteiger partial charge is 0.492 e. The summed E-state index contributed by atoms with van der Waals surface area (Å²) in [5.41, 5.74) is 4.03. The molecule has 28 heavy (non-hydrogen) atoms. The molecule has 0 aliphatic rings. The number of aromatic nitrogens is 3. The van der Waals surface area contributed by atoms with E-state index < -0.39 is 0 Å². The lowest BCUT2D eigenvalue weighted by Gasteiger charge is -2.08. The second-order valence-electron chi connectivity index (χ2n) is 6.41. The van der Waals surface area contributed by atoms with E-state index in [9.17, 15) is 4.79 Å². The molecule has 0 fully saturated rings. The van der Waals surface area contributed by atoms with Crippen LogP contribution in [0.15, 0.2) is 73.1 Å². The van der Waals surface area contributed by atoms with Crippen LogP contribution in [0.2, 0.25) is 0 Å². The molecule has 0 bridgehead atoms. The highest BCUT2D eigenvalue weighted by Crippen LogP contribution is 2.20. The fraction of sp³-hybridized carbons (Fsp3) is 0.136. The second-order valence-corrected chi connectivity index (χ2v) is 6.41. The molecule has 4 rings (SSSR count). The maximum absolute atomic E-state index is 12.6. The molecule has 2 heterocycles. The van der Waals surface area contributed by atoms with Gasteiger partial charge in [0.25, 0.3) is 5.91 Å². The SMILES string of the molecule is Cc1ccc(OCCNC(=O)c2cnn3c(-c4ccccc4)ccnc23)cc1. The number of benzene rings is 2. The highest BCUT2D eigenvalue weighted by Gasteiger charge is 2.15. The number of aryl methyl sites for hydroxylation is 1. The first-order chi connectivity index (χ1) is 13.7. The van der Waals surface area contributed by atoms with Gasteiger partial charge in [-0.25, -0.2) is 9.50 Å². The van der Waals surface area contributed by atoms with E-state index in [0.717, 1.165) is 17.0 Å². The summed E-state index contributed by atoms with van der Waals surface area (Å²) in [6, 6.07) is 19.6. The van der Waals surface area contributed by atoms with Crippen LogP contribution >= 0.6 is 0 Å². The minimum Gasteiger partial charge on any atom is -0.492 e. The summed E-state index contributed by atoms with van der Waals surface area (Å²) in [7, 11) is 0. The summed E-state index contributed by atoms with van der Waals surface area (Å²) in [5, 5.41) is 7.22. The van der Waals surface area contributed by atoms with Crippen LogP contribution in [-0.4, -0.2) is 33.7 Å². The van der Waals surface area contributed by atoms with Crippen molar-refractivity contribution >= 4 is 11.6 Å². The number of hydrogen-bond acceptors (Lipinski definition) is 4. The summed E-state index contributed by atoms with van der Waals surface area (Å²) in [6.45, 7) is 2.80. The summed E-state index contributed by atoms with van der Waals surface area (Å²) in [5.74, 6) is 0.560. The molecule has 0 saturated carbocycles. The molecule has 0 saturated heterocycles. The summed E-state index contributed by atoms with van der Waals surface area (Å²) in [6.07, 6.45) is 3.24. The Kier molecular flexibility index (Phi) is 5.01. The molecule has 0 aliphatic heterocycles. The zero-order valence-electron chi connectivity index (χ0n) is 15.5. The van der Waals surface area contributed by atoms with Crippen molar-refractivity contribution in [1.82, 2.24) is 19.9 Å². The predicted octanol–water partition coefficient (Wildman–Crippen LogP) is 3.51. The minimum atomic E-state index is -0.222. The molecule has 2 aromatic heterocycles. The lowest BCUT2D eigenvalue weighted by molar-refractivity contribution is 0.0948. The molecule has 0 unspecified atom stereocenters. The molecule has 0 radical (unpaired) electrons. The average Bonchev–Trinajstić information content (AvgIpc) is 3.17. The van der Waals surface area contributed by atoms with Gasteiger partial charge in [-0.05, 0) is 25.1 Å². The first-order valence-electron chi connectivity index (χ1n) is 9.08. The highest BCUT2D eigenvalue weighted by atomic mass is 16.5. The Labute approximate surface area is 162 Å². The predicted molar refractivity (Wildman–Crippen MR) is 107 cm³/mol. The van der Waals surface area contributed by atoms with Crippen LogP contribution in [0.1, 0.15) is 15.9 Å². The molecule has 6 nitrogen and oxygen atoms in total. The van der Waals surface area contributed by atoms with Crippen molar-refractivity contribution in [2.45, 2.75) is 6.92 Å². The van der Waals surface area contributed by atoms with Crippen LogP contribution in [0.3, 0.4) is 0 Å². The number of nitrogens with zero attached hydrogens (tertiary/aromatic N) is 3. The van der Waals surface area contributed by atoms with Gasteiger partial charge in [0.15, 0.2) is 5.65 Å². The number of amides is 1. The minimum absolute atomic E-state index is 0.222. The standard InChI is InChI=1S/C22H20N4O2/c1-16-7-9-18(10-8-16)28-14-13-24-22(27)19-15-25-26-20(11-12-23-21(19)26)17-5-3-2-4-6-17/h2-12,15H,13-14H2,1H3,(H,24,27). The molecule has 4 aromatic rings. The van der Waals surface area contributed by atoms with E-state index in [1.807, 2.05) is 67.6 Å². The molecule has 140 valence electrons. The Hall–Kier alpha value is -3.67. The summed E-state index contributed by atoms with van der Waals surface area (Å²) >= 11 is 0. The van der Waals surface area contributed by atoms with Gasteiger partial charge in [-0.2, -0.15) is 5.10 Å². The third kappa shape index (κ3) is 3.71. The van der Waals surface area contributed by atoms with E-state index in [0.29, 0.717) is 24.4 Å². The summed E-state index contributed by atoms with van der Waals surface area (Å²) < 4.78 is 7.33. The zero-order valence-corrected chi connectivity index (χ0v) is 15.5. The molecule has 0 aliphatic carbocycles. The number of carbonyl (C=O) groups excluding carboxylic acids is 1. The maximum atomic E-state index is 12.6. The molecule has 0 atom stereocenters. The average molecular weight is 372 g/mol. The van der Waals surface area contributed by atoms with Gasteiger partial charge in [-0.3, -0.25) is 4.79 Å². The van der Waals surface area contributed by atoms with Crippen LogP contribution < -0.4 is 10.1 Å². The second kappa shape index (κ2) is 7.92. The van der Waals surface area contributed by atoms with Gasteiger partial charge >= 0.3 is 0 Å². The number of ether oxygens (including phenoxy) is 1. The Morgan fingerprint density at radius 2 is 1.86 bits per heavy atom. The van der Waals surface area contributed by atoms with Gasteiger partial charge in [0.2, 0.25) is 0 Å². The monoisotopic (exact) mass is 372 g/mol. The van der Waals surface area contributed by atoms with Crippen molar-refractivity contribution in [3.63, 3.8) is 0 Å². The van der Waals surface area contributed by atoms with Crippen molar-refractivity contribution < 1.29 is 9.53 Å². The van der Waals surface area contributed by atoms with E-state index in [1.165, 1.54) is 5.56 Å². The number of hydrogen-bond donors (Lipinski definition) is 1. The quantitative estimate of drug-likeness (QED) is 0.526. The molecule has 6 heteroatoms. The molecule has 0 spiro atoms. The maximum Gasteiger partial charge on any atom is 0.256 e. The topological polar surface area (TPSA) is 68.5 Å². The molecule has 1 N–H and O–H groups in total. The van der Waals surface area contributed by atoms with E-state index in [-0.39, 0.29) is 5.91 Å². The number of fused-ring (bicyclic) bond motifs is 1. The molecular formula is C22H20N4O2. The first-order valence-corrected chi connectivity index (χ1v) is 9.08. The van der Waals surface area contributed by atoms with Crippen LogP contribution in [0.4, 0.5) is 0 Å². The van der Waals surface area contributed by atoms with Crippen molar-refractivity contribution in [2.24, 2.45) is 0 Å². The van der Waals surface area contributed by atoms with Crippen molar-refractivity contribution in [1.29, 1.82) is 0 Å². The Morgan fingerprint density at radius 3 is 2.64 bits per heavy atom. The Balaban J connectivity index is 1.44. The van der Waals surface area contributed by atoms with Crippen LogP contribution in [0.5, 0.6) is 5.75 Å². The van der Waals surface area contributed by atoms with Gasteiger partial charge in [0, 0.05) is 11.8 Å². The fourth-order valence-electron chi connectivity index (χ4n) is 2.94. The van der Waals surface area contributed by atoms with Crippen molar-refractivity contribution in [3.8, 4) is 17.0 Å². The smallest absolute Gasteiger partial charge is 0.256 e. The van der Waals surface area contributed by atoms with Crippen molar-refractivity contribution in [3.05, 3.63) is 84.2 Å². The Morgan fingerprint density at radius 1 is 1.07 bits per heavy atom. The van der Waals surface area contributed by atoms with Crippen LogP contribution in [-0.2, 0) is 0 Å². The van der Waals surface area contributed by atoms with Gasteiger partial charge < -0.3 is 10.1 Å². The molecule has 1 amide bonds. The lowest BCUT2D eigenvalue weighted by atomic mass is 10.1. The number of carbonyl (C=O) groups is 1. The van der Waals surface area contributed by atoms with Crippen LogP contribution in [0.25, 0.3) is 16.9 Å². The lowest BCUT2D eigenvalue weighted by Crippen LogP contribution is -2.28. The first kappa shape index (κ1) is 17.7. The van der Waals surface area contributed by atoms with Crippen molar-refractivity contribution in [2.75, 3.05) is 13.2 Å². The number of rotatable bonds is 6. The Bertz CT molecular complexity index is 1090. The van der Waals surface area contributed by atoms with E-state index in [2.05, 4.69) is 15.4 Å². The number of nitrogens with one attached hydrogen (secondary N) is 1. The van der Waals surface area contributed by atoms with Gasteiger partial charge in [0.05, 0.1) is 18.4 Å². The normalized spacial score (nSPS) is 10.8. The summed E-state index contributed by atoms with van der Waals surface area (Å²) in [4.78, 5) is 16.9.